The summed E-state index contributed by atoms with van der Waals surface area (Å²) in [6, 6.07) is 1.12. The average molecular weight is 284 g/mol. The van der Waals surface area contributed by atoms with Gasteiger partial charge in [0.05, 0.1) is 25.8 Å². The minimum Gasteiger partial charge on any atom is -0.467 e. The van der Waals surface area contributed by atoms with Crippen LogP contribution < -0.4 is 0 Å². The molecule has 0 unspecified atom stereocenters. The van der Waals surface area contributed by atoms with E-state index in [2.05, 4.69) is 4.74 Å². The highest BCUT2D eigenvalue weighted by Gasteiger charge is 2.42. The van der Waals surface area contributed by atoms with Crippen LogP contribution in [0.4, 0.5) is 4.79 Å². The Morgan fingerprint density at radius 2 is 2.05 bits per heavy atom. The van der Waals surface area contributed by atoms with Gasteiger partial charge in [0.2, 0.25) is 0 Å². The SMILES string of the molecule is COC(=O)[C@@H]1C[C@H](OCC#N)CN1C(=O)OC(C)(C)C. The van der Waals surface area contributed by atoms with E-state index >= 15 is 0 Å². The lowest BCUT2D eigenvalue weighted by Crippen LogP contribution is -2.44. The van der Waals surface area contributed by atoms with Gasteiger partial charge in [0.25, 0.3) is 0 Å². The van der Waals surface area contributed by atoms with E-state index < -0.39 is 23.7 Å². The van der Waals surface area contributed by atoms with Crippen LogP contribution in [0.25, 0.3) is 0 Å². The fourth-order valence-electron chi connectivity index (χ4n) is 1.96. The summed E-state index contributed by atoms with van der Waals surface area (Å²) in [5.74, 6) is -0.515. The van der Waals surface area contributed by atoms with Crippen molar-refractivity contribution in [2.24, 2.45) is 0 Å². The van der Waals surface area contributed by atoms with Crippen LogP contribution in [-0.4, -0.2) is 55.0 Å². The third kappa shape index (κ3) is 4.38. The molecule has 0 spiro atoms. The third-order valence-electron chi connectivity index (χ3n) is 2.75. The Hall–Kier alpha value is -1.81. The van der Waals surface area contributed by atoms with Crippen LogP contribution in [0.2, 0.25) is 0 Å². The number of likely N-dealkylation sites (tertiary alicyclic amines) is 1. The first-order valence-electron chi connectivity index (χ1n) is 6.34. The number of ether oxygens (including phenoxy) is 3. The van der Waals surface area contributed by atoms with Crippen molar-refractivity contribution < 1.29 is 23.8 Å². The zero-order chi connectivity index (χ0) is 15.3. The number of esters is 1. The normalized spacial score (nSPS) is 22.2. The molecule has 0 radical (unpaired) electrons. The van der Waals surface area contributed by atoms with Gasteiger partial charge in [0.1, 0.15) is 18.2 Å². The first-order valence-corrected chi connectivity index (χ1v) is 6.34. The molecule has 2 atom stereocenters. The highest BCUT2D eigenvalue weighted by molar-refractivity contribution is 5.82. The second-order valence-corrected chi connectivity index (χ2v) is 5.50. The van der Waals surface area contributed by atoms with E-state index in [1.54, 1.807) is 20.8 Å². The molecule has 1 fully saturated rings. The highest BCUT2D eigenvalue weighted by atomic mass is 16.6. The summed E-state index contributed by atoms with van der Waals surface area (Å²) in [7, 11) is 1.26. The first kappa shape index (κ1) is 16.2. The molecule has 1 rings (SSSR count). The van der Waals surface area contributed by atoms with Crippen molar-refractivity contribution in [3.63, 3.8) is 0 Å². The van der Waals surface area contributed by atoms with Crippen LogP contribution >= 0.6 is 0 Å². The number of rotatable bonds is 3. The van der Waals surface area contributed by atoms with Crippen molar-refractivity contribution >= 4 is 12.1 Å². The standard InChI is InChI=1S/C13H20N2O5/c1-13(2,3)20-12(17)15-8-9(19-6-5-14)7-10(15)11(16)18-4/h9-10H,6-8H2,1-4H3/t9-,10-/m0/s1. The summed E-state index contributed by atoms with van der Waals surface area (Å²) >= 11 is 0. The molecule has 1 saturated heterocycles. The van der Waals surface area contributed by atoms with Gasteiger partial charge >= 0.3 is 12.1 Å². The Balaban J connectivity index is 2.76. The van der Waals surface area contributed by atoms with E-state index in [4.69, 9.17) is 14.7 Å². The minimum atomic E-state index is -0.737. The molecule has 1 heterocycles. The predicted molar refractivity (Wildman–Crippen MR) is 68.7 cm³/mol. The van der Waals surface area contributed by atoms with Gasteiger partial charge in [-0.15, -0.1) is 0 Å². The largest absolute Gasteiger partial charge is 0.467 e. The topological polar surface area (TPSA) is 88.9 Å². The molecule has 7 nitrogen and oxygen atoms in total. The molecular formula is C13H20N2O5. The second-order valence-electron chi connectivity index (χ2n) is 5.50. The van der Waals surface area contributed by atoms with Gasteiger partial charge in [-0.25, -0.2) is 9.59 Å². The number of carbonyl (C=O) groups is 2. The molecule has 0 saturated carbocycles. The fraction of sp³-hybridized carbons (Fsp3) is 0.769. The number of nitrogens with zero attached hydrogens (tertiary/aromatic N) is 2. The lowest BCUT2D eigenvalue weighted by molar-refractivity contribution is -0.145. The van der Waals surface area contributed by atoms with Crippen LogP contribution in [0.3, 0.4) is 0 Å². The maximum atomic E-state index is 12.1. The van der Waals surface area contributed by atoms with E-state index in [-0.39, 0.29) is 19.3 Å². The maximum Gasteiger partial charge on any atom is 0.411 e. The maximum absolute atomic E-state index is 12.1. The molecule has 20 heavy (non-hydrogen) atoms. The van der Waals surface area contributed by atoms with Gasteiger partial charge in [0.15, 0.2) is 0 Å². The molecule has 0 aromatic rings. The van der Waals surface area contributed by atoms with Crippen molar-refractivity contribution in [3.05, 3.63) is 0 Å². The van der Waals surface area contributed by atoms with Gasteiger partial charge in [-0.2, -0.15) is 5.26 Å². The molecule has 0 N–H and O–H groups in total. The lowest BCUT2D eigenvalue weighted by atomic mass is 10.2. The summed E-state index contributed by atoms with van der Waals surface area (Å²) in [5.41, 5.74) is -0.649. The molecule has 0 aromatic heterocycles. The monoisotopic (exact) mass is 284 g/mol. The van der Waals surface area contributed by atoms with Crippen LogP contribution in [0.15, 0.2) is 0 Å². The molecule has 112 valence electrons. The number of methoxy groups -OCH3 is 1. The van der Waals surface area contributed by atoms with Crippen LogP contribution in [0.5, 0.6) is 0 Å². The zero-order valence-electron chi connectivity index (χ0n) is 12.2. The number of nitriles is 1. The lowest BCUT2D eigenvalue weighted by Gasteiger charge is -2.27. The van der Waals surface area contributed by atoms with Gasteiger partial charge in [-0.3, -0.25) is 4.90 Å². The summed E-state index contributed by atoms with van der Waals surface area (Å²) in [6.45, 7) is 5.37. The first-order chi connectivity index (χ1) is 9.28. The third-order valence-corrected chi connectivity index (χ3v) is 2.75. The van der Waals surface area contributed by atoms with Crippen molar-refractivity contribution in [2.45, 2.75) is 44.9 Å². The van der Waals surface area contributed by atoms with E-state index in [9.17, 15) is 9.59 Å². The number of hydrogen-bond donors (Lipinski definition) is 0. The predicted octanol–water partition coefficient (Wildman–Crippen LogP) is 1.08. The van der Waals surface area contributed by atoms with Crippen molar-refractivity contribution in [1.82, 2.24) is 4.90 Å². The Morgan fingerprint density at radius 1 is 1.40 bits per heavy atom. The van der Waals surface area contributed by atoms with Crippen molar-refractivity contribution in [1.29, 1.82) is 5.26 Å². The number of hydrogen-bond acceptors (Lipinski definition) is 6. The number of carbonyl (C=O) groups excluding carboxylic acids is 2. The van der Waals surface area contributed by atoms with Gasteiger partial charge in [0, 0.05) is 6.42 Å². The van der Waals surface area contributed by atoms with Crippen LogP contribution in [0, 0.1) is 11.3 Å². The summed E-state index contributed by atoms with van der Waals surface area (Å²) in [5, 5.41) is 8.50. The van der Waals surface area contributed by atoms with Gasteiger partial charge in [-0.05, 0) is 20.8 Å². The molecule has 0 bridgehead atoms. The Morgan fingerprint density at radius 3 is 2.55 bits per heavy atom. The van der Waals surface area contributed by atoms with Crippen LogP contribution in [0.1, 0.15) is 27.2 Å². The van der Waals surface area contributed by atoms with E-state index in [0.29, 0.717) is 6.42 Å². The average Bonchev–Trinajstić information content (AvgIpc) is 2.77. The molecule has 7 heteroatoms. The van der Waals surface area contributed by atoms with E-state index in [1.807, 2.05) is 6.07 Å². The molecule has 1 aliphatic heterocycles. The van der Waals surface area contributed by atoms with Crippen LogP contribution in [-0.2, 0) is 19.0 Å². The quantitative estimate of drug-likeness (QED) is 0.720. The van der Waals surface area contributed by atoms with Crippen molar-refractivity contribution in [3.8, 4) is 6.07 Å². The van der Waals surface area contributed by atoms with Gasteiger partial charge in [-0.1, -0.05) is 0 Å². The molecule has 0 aliphatic carbocycles. The summed E-state index contributed by atoms with van der Waals surface area (Å²) < 4.78 is 15.2. The summed E-state index contributed by atoms with van der Waals surface area (Å²) in [4.78, 5) is 25.1. The number of amides is 1. The molecule has 0 aromatic carbocycles. The Bertz CT molecular complexity index is 410. The van der Waals surface area contributed by atoms with E-state index in [0.717, 1.165) is 0 Å². The molecule has 1 aliphatic rings. The minimum absolute atomic E-state index is 0.0826. The Labute approximate surface area is 118 Å². The molecule has 1 amide bonds. The zero-order valence-corrected chi connectivity index (χ0v) is 12.2. The van der Waals surface area contributed by atoms with Gasteiger partial charge < -0.3 is 14.2 Å². The Kier molecular flexibility index (Phi) is 5.34. The second kappa shape index (κ2) is 6.57. The smallest absolute Gasteiger partial charge is 0.411 e. The fourth-order valence-corrected chi connectivity index (χ4v) is 1.96. The van der Waals surface area contributed by atoms with E-state index in [1.165, 1.54) is 12.0 Å². The summed E-state index contributed by atoms with van der Waals surface area (Å²) in [6.07, 6.45) is -0.657. The van der Waals surface area contributed by atoms with Crippen molar-refractivity contribution in [2.75, 3.05) is 20.3 Å². The molecular weight excluding hydrogens is 264 g/mol. The highest BCUT2D eigenvalue weighted by Crippen LogP contribution is 2.24.